The van der Waals surface area contributed by atoms with Crippen LogP contribution >= 0.6 is 0 Å². The third-order valence-electron chi connectivity index (χ3n) is 5.00. The lowest BCUT2D eigenvalue weighted by Gasteiger charge is -2.33. The first kappa shape index (κ1) is 24.2. The standard InChI is InChI=1S/C22H18F6N2O3/c23-21(24,25)19(22(26,27)28)33-20(31)30-10-8-17(9-11-30)32-18-3-1-2-16(12-18)15-6-4-14(13-29)5-7-15/h1-7,12,17,19H,8-11H2. The molecule has 1 aliphatic heterocycles. The maximum Gasteiger partial charge on any atom is 0.434 e. The van der Waals surface area contributed by atoms with E-state index in [0.29, 0.717) is 11.3 Å². The minimum absolute atomic E-state index is 0.110. The summed E-state index contributed by atoms with van der Waals surface area (Å²) in [7, 11) is 0. The largest absolute Gasteiger partial charge is 0.490 e. The van der Waals surface area contributed by atoms with Crippen molar-refractivity contribution in [2.75, 3.05) is 13.1 Å². The molecule has 1 fully saturated rings. The van der Waals surface area contributed by atoms with Gasteiger partial charge < -0.3 is 14.4 Å². The van der Waals surface area contributed by atoms with Crippen LogP contribution in [-0.4, -0.2) is 48.6 Å². The molecule has 2 aromatic carbocycles. The maximum absolute atomic E-state index is 12.6. The monoisotopic (exact) mass is 472 g/mol. The number of nitriles is 1. The number of carbonyl (C=O) groups is 1. The summed E-state index contributed by atoms with van der Waals surface area (Å²) in [6.45, 7) is -0.220. The van der Waals surface area contributed by atoms with Crippen LogP contribution < -0.4 is 4.74 Å². The molecule has 176 valence electrons. The summed E-state index contributed by atoms with van der Waals surface area (Å²) in [6.07, 6.45) is -17.3. The van der Waals surface area contributed by atoms with Crippen LogP contribution in [0.4, 0.5) is 31.1 Å². The molecule has 0 aliphatic carbocycles. The van der Waals surface area contributed by atoms with Crippen molar-refractivity contribution in [2.45, 2.75) is 37.4 Å². The van der Waals surface area contributed by atoms with Crippen LogP contribution in [0.25, 0.3) is 11.1 Å². The summed E-state index contributed by atoms with van der Waals surface area (Å²) < 4.78 is 85.2. The van der Waals surface area contributed by atoms with Gasteiger partial charge in [-0.3, -0.25) is 0 Å². The van der Waals surface area contributed by atoms with Crippen molar-refractivity contribution in [3.63, 3.8) is 0 Å². The zero-order valence-electron chi connectivity index (χ0n) is 17.0. The fraction of sp³-hybridized carbons (Fsp3) is 0.364. The summed E-state index contributed by atoms with van der Waals surface area (Å²) >= 11 is 0. The molecule has 1 heterocycles. The number of carbonyl (C=O) groups excluding carboxylic acids is 1. The van der Waals surface area contributed by atoms with Gasteiger partial charge in [-0.25, -0.2) is 4.79 Å². The number of rotatable bonds is 4. The molecule has 0 spiro atoms. The van der Waals surface area contributed by atoms with Gasteiger partial charge in [-0.1, -0.05) is 24.3 Å². The SMILES string of the molecule is N#Cc1ccc(-c2cccc(OC3CCN(C(=O)OC(C(F)(F)F)C(F)(F)F)CC3)c2)cc1. The van der Waals surface area contributed by atoms with E-state index in [9.17, 15) is 31.1 Å². The Morgan fingerprint density at radius 3 is 2.12 bits per heavy atom. The predicted octanol–water partition coefficient (Wildman–Crippen LogP) is 5.70. The second kappa shape index (κ2) is 9.60. The number of nitrogens with zero attached hydrogens (tertiary/aromatic N) is 2. The number of amides is 1. The maximum atomic E-state index is 12.6. The van der Waals surface area contributed by atoms with Crippen LogP contribution in [0.3, 0.4) is 0 Å². The molecule has 33 heavy (non-hydrogen) atoms. The van der Waals surface area contributed by atoms with Gasteiger partial charge >= 0.3 is 18.4 Å². The van der Waals surface area contributed by atoms with E-state index < -0.39 is 24.5 Å². The first-order valence-electron chi connectivity index (χ1n) is 9.83. The van der Waals surface area contributed by atoms with Crippen LogP contribution in [0.15, 0.2) is 48.5 Å². The Hall–Kier alpha value is -3.42. The molecule has 2 aromatic rings. The van der Waals surface area contributed by atoms with Crippen molar-refractivity contribution in [3.8, 4) is 22.9 Å². The zero-order chi connectivity index (χ0) is 24.2. The van der Waals surface area contributed by atoms with Crippen LogP contribution in [0.2, 0.25) is 0 Å². The van der Waals surface area contributed by atoms with Gasteiger partial charge in [0, 0.05) is 25.9 Å². The summed E-state index contributed by atoms with van der Waals surface area (Å²) in [5.41, 5.74) is 2.22. The lowest BCUT2D eigenvalue weighted by molar-refractivity contribution is -0.308. The average Bonchev–Trinajstić information content (AvgIpc) is 2.76. The van der Waals surface area contributed by atoms with E-state index in [4.69, 9.17) is 10.00 Å². The number of alkyl halides is 6. The molecule has 0 radical (unpaired) electrons. The van der Waals surface area contributed by atoms with Crippen LogP contribution in [0, 0.1) is 11.3 Å². The third kappa shape index (κ3) is 6.31. The Balaban J connectivity index is 1.57. The molecule has 11 heteroatoms. The van der Waals surface area contributed by atoms with Crippen molar-refractivity contribution in [2.24, 2.45) is 0 Å². The van der Waals surface area contributed by atoms with Crippen LogP contribution in [-0.2, 0) is 4.74 Å². The van der Waals surface area contributed by atoms with Gasteiger partial charge in [-0.15, -0.1) is 0 Å². The molecular weight excluding hydrogens is 454 g/mol. The number of hydrogen-bond donors (Lipinski definition) is 0. The zero-order valence-corrected chi connectivity index (χ0v) is 17.0. The second-order valence-electron chi connectivity index (χ2n) is 7.37. The first-order chi connectivity index (χ1) is 15.5. The number of benzene rings is 2. The molecule has 0 N–H and O–H groups in total. The highest BCUT2D eigenvalue weighted by Gasteiger charge is 2.60. The van der Waals surface area contributed by atoms with E-state index in [-0.39, 0.29) is 32.0 Å². The summed E-state index contributed by atoms with van der Waals surface area (Å²) in [6, 6.07) is 16.1. The summed E-state index contributed by atoms with van der Waals surface area (Å²) in [5, 5.41) is 8.89. The fourth-order valence-corrected chi connectivity index (χ4v) is 3.33. The third-order valence-corrected chi connectivity index (χ3v) is 5.00. The summed E-state index contributed by atoms with van der Waals surface area (Å²) in [4.78, 5) is 12.7. The number of halogens is 6. The van der Waals surface area contributed by atoms with Crippen molar-refractivity contribution in [1.82, 2.24) is 4.90 Å². The first-order valence-corrected chi connectivity index (χ1v) is 9.83. The van der Waals surface area contributed by atoms with Gasteiger partial charge in [0.05, 0.1) is 11.6 Å². The molecule has 0 atom stereocenters. The Morgan fingerprint density at radius 2 is 1.58 bits per heavy atom. The van der Waals surface area contributed by atoms with Gasteiger partial charge in [0.15, 0.2) is 0 Å². The number of ether oxygens (including phenoxy) is 2. The minimum Gasteiger partial charge on any atom is -0.490 e. The predicted molar refractivity (Wildman–Crippen MR) is 104 cm³/mol. The van der Waals surface area contributed by atoms with Crippen LogP contribution in [0.1, 0.15) is 18.4 Å². The van der Waals surface area contributed by atoms with Gasteiger partial charge in [-0.05, 0) is 35.4 Å². The second-order valence-corrected chi connectivity index (χ2v) is 7.37. The smallest absolute Gasteiger partial charge is 0.434 e. The van der Waals surface area contributed by atoms with Crippen molar-refractivity contribution in [1.29, 1.82) is 5.26 Å². The molecule has 1 aliphatic rings. The van der Waals surface area contributed by atoms with Crippen molar-refractivity contribution < 1.29 is 40.6 Å². The van der Waals surface area contributed by atoms with Gasteiger partial charge in [0.2, 0.25) is 0 Å². The topological polar surface area (TPSA) is 62.6 Å². The average molecular weight is 472 g/mol. The summed E-state index contributed by atoms with van der Waals surface area (Å²) in [5.74, 6) is 0.520. The highest BCUT2D eigenvalue weighted by atomic mass is 19.4. The number of hydrogen-bond acceptors (Lipinski definition) is 4. The van der Waals surface area contributed by atoms with E-state index in [2.05, 4.69) is 4.74 Å². The van der Waals surface area contributed by atoms with Crippen LogP contribution in [0.5, 0.6) is 5.75 Å². The Labute approximate surface area is 185 Å². The molecule has 1 amide bonds. The lowest BCUT2D eigenvalue weighted by atomic mass is 10.0. The highest BCUT2D eigenvalue weighted by molar-refractivity contribution is 5.68. The van der Waals surface area contributed by atoms with Gasteiger partial charge in [0.25, 0.3) is 6.10 Å². The van der Waals surface area contributed by atoms with Gasteiger partial charge in [0.1, 0.15) is 11.9 Å². The van der Waals surface area contributed by atoms with E-state index in [1.54, 1.807) is 42.5 Å². The van der Waals surface area contributed by atoms with Crippen molar-refractivity contribution in [3.05, 3.63) is 54.1 Å². The number of piperidine rings is 1. The van der Waals surface area contributed by atoms with E-state index in [1.165, 1.54) is 0 Å². The molecular formula is C22H18F6N2O3. The molecule has 3 rings (SSSR count). The minimum atomic E-state index is -5.75. The molecule has 0 unspecified atom stereocenters. The Morgan fingerprint density at radius 1 is 0.970 bits per heavy atom. The highest BCUT2D eigenvalue weighted by Crippen LogP contribution is 2.36. The van der Waals surface area contributed by atoms with Crippen molar-refractivity contribution >= 4 is 6.09 Å². The van der Waals surface area contributed by atoms with E-state index >= 15 is 0 Å². The van der Waals surface area contributed by atoms with E-state index in [0.717, 1.165) is 16.0 Å². The normalized spacial score (nSPS) is 15.3. The lowest BCUT2D eigenvalue weighted by Crippen LogP contribution is -2.50. The molecule has 0 aromatic heterocycles. The molecule has 1 saturated heterocycles. The Bertz CT molecular complexity index is 993. The Kier molecular flexibility index (Phi) is 7.05. The van der Waals surface area contributed by atoms with E-state index in [1.807, 2.05) is 12.1 Å². The fourth-order valence-electron chi connectivity index (χ4n) is 3.33. The van der Waals surface area contributed by atoms with Gasteiger partial charge in [-0.2, -0.15) is 31.6 Å². The molecule has 0 bridgehead atoms. The molecule has 5 nitrogen and oxygen atoms in total. The quantitative estimate of drug-likeness (QED) is 0.536. The molecule has 0 saturated carbocycles. The number of likely N-dealkylation sites (tertiary alicyclic amines) is 1.